The van der Waals surface area contributed by atoms with Crippen LogP contribution in [0, 0.1) is 0 Å². The van der Waals surface area contributed by atoms with Crippen molar-refractivity contribution in [2.24, 2.45) is 0 Å². The van der Waals surface area contributed by atoms with Gasteiger partial charge in [0, 0.05) is 35.8 Å². The van der Waals surface area contributed by atoms with E-state index in [1.807, 2.05) is 54.6 Å². The summed E-state index contributed by atoms with van der Waals surface area (Å²) in [6, 6.07) is 16.7. The molecule has 0 aliphatic rings. The highest BCUT2D eigenvalue weighted by Gasteiger charge is 2.15. The van der Waals surface area contributed by atoms with Crippen molar-refractivity contribution < 1.29 is 18.0 Å². The molecule has 1 aromatic heterocycles. The standard InChI is InChI=1S/C16H13N3O.C2H3F3/c20-16(18-13-6-2-1-3-7-13)19-15-8-4-5-12-11-17-10-9-14(12)15;1-2(3,4)5/h1-11H,(H2,18,19,20);1H3. The largest absolute Gasteiger partial charge is 0.386 e. The van der Waals surface area contributed by atoms with Crippen LogP contribution in [0.2, 0.25) is 0 Å². The number of anilines is 2. The summed E-state index contributed by atoms with van der Waals surface area (Å²) in [4.78, 5) is 16.1. The molecule has 4 nitrogen and oxygen atoms in total. The molecule has 0 atom stereocenters. The molecule has 0 spiro atoms. The monoisotopic (exact) mass is 347 g/mol. The van der Waals surface area contributed by atoms with Crippen LogP contribution in [0.1, 0.15) is 6.92 Å². The fourth-order valence-electron chi connectivity index (χ4n) is 2.04. The Labute approximate surface area is 142 Å². The van der Waals surface area contributed by atoms with E-state index in [-0.39, 0.29) is 13.0 Å². The molecular formula is C18H16F3N3O. The van der Waals surface area contributed by atoms with Gasteiger partial charge in [-0.15, -0.1) is 0 Å². The first-order valence-electron chi connectivity index (χ1n) is 7.35. The lowest BCUT2D eigenvalue weighted by molar-refractivity contribution is -0.110. The van der Waals surface area contributed by atoms with E-state index in [1.165, 1.54) is 0 Å². The van der Waals surface area contributed by atoms with Crippen LogP contribution in [0.4, 0.5) is 29.3 Å². The molecule has 25 heavy (non-hydrogen) atoms. The Kier molecular flexibility index (Phi) is 5.94. The van der Waals surface area contributed by atoms with Crippen molar-refractivity contribution in [1.29, 1.82) is 0 Å². The zero-order valence-corrected chi connectivity index (χ0v) is 13.3. The van der Waals surface area contributed by atoms with E-state index in [0.29, 0.717) is 0 Å². The molecule has 3 aromatic rings. The first-order valence-corrected chi connectivity index (χ1v) is 7.35. The summed E-state index contributed by atoms with van der Waals surface area (Å²) in [5.41, 5.74) is 1.52. The molecule has 0 aliphatic heterocycles. The SMILES string of the molecule is CC(F)(F)F.O=C(Nc1ccccc1)Nc1cccc2cnccc12. The predicted octanol–water partition coefficient (Wildman–Crippen LogP) is 5.45. The van der Waals surface area contributed by atoms with E-state index in [0.717, 1.165) is 22.1 Å². The van der Waals surface area contributed by atoms with E-state index in [4.69, 9.17) is 0 Å². The second-order valence-corrected chi connectivity index (χ2v) is 5.13. The lowest BCUT2D eigenvalue weighted by atomic mass is 10.1. The molecule has 2 amide bonds. The van der Waals surface area contributed by atoms with Gasteiger partial charge in [0.25, 0.3) is 0 Å². The lowest BCUT2D eigenvalue weighted by Gasteiger charge is -2.09. The average molecular weight is 347 g/mol. The minimum Gasteiger partial charge on any atom is -0.308 e. The van der Waals surface area contributed by atoms with Crippen LogP contribution in [-0.4, -0.2) is 17.2 Å². The van der Waals surface area contributed by atoms with Crippen LogP contribution in [0.15, 0.2) is 67.0 Å². The van der Waals surface area contributed by atoms with Crippen molar-refractivity contribution in [3.05, 3.63) is 67.0 Å². The molecule has 0 radical (unpaired) electrons. The van der Waals surface area contributed by atoms with Gasteiger partial charge in [-0.05, 0) is 24.3 Å². The second-order valence-electron chi connectivity index (χ2n) is 5.13. The van der Waals surface area contributed by atoms with Crippen molar-refractivity contribution >= 4 is 28.2 Å². The minimum atomic E-state index is -4.00. The molecule has 1 heterocycles. The van der Waals surface area contributed by atoms with Crippen molar-refractivity contribution in [3.8, 4) is 0 Å². The van der Waals surface area contributed by atoms with Gasteiger partial charge in [0.15, 0.2) is 0 Å². The summed E-state index contributed by atoms with van der Waals surface area (Å²) in [7, 11) is 0. The molecule has 0 unspecified atom stereocenters. The first-order chi connectivity index (χ1) is 11.8. The second kappa shape index (κ2) is 8.14. The number of carbonyl (C=O) groups excluding carboxylic acids is 1. The molecule has 0 saturated heterocycles. The Bertz CT molecular complexity index is 824. The molecule has 3 rings (SSSR count). The van der Waals surface area contributed by atoms with Gasteiger partial charge in [-0.3, -0.25) is 4.98 Å². The zero-order valence-electron chi connectivity index (χ0n) is 13.3. The third-order valence-electron chi connectivity index (χ3n) is 2.96. The summed E-state index contributed by atoms with van der Waals surface area (Å²) in [6.45, 7) is 0.188. The van der Waals surface area contributed by atoms with Gasteiger partial charge in [0.05, 0.1) is 5.69 Å². The zero-order chi connectivity index (χ0) is 18.3. The smallest absolute Gasteiger partial charge is 0.308 e. The molecule has 2 N–H and O–H groups in total. The molecule has 7 heteroatoms. The number of hydrogen-bond donors (Lipinski definition) is 2. The maximum atomic E-state index is 12.0. The number of urea groups is 1. The van der Waals surface area contributed by atoms with Gasteiger partial charge >= 0.3 is 12.2 Å². The number of para-hydroxylation sites is 1. The van der Waals surface area contributed by atoms with Crippen LogP contribution in [0.3, 0.4) is 0 Å². The van der Waals surface area contributed by atoms with Crippen molar-refractivity contribution in [2.75, 3.05) is 10.6 Å². The number of benzene rings is 2. The Balaban J connectivity index is 0.000000399. The van der Waals surface area contributed by atoms with Crippen molar-refractivity contribution in [1.82, 2.24) is 4.98 Å². The van der Waals surface area contributed by atoms with Gasteiger partial charge in [0.2, 0.25) is 0 Å². The van der Waals surface area contributed by atoms with Crippen LogP contribution in [0.25, 0.3) is 10.8 Å². The number of rotatable bonds is 2. The summed E-state index contributed by atoms with van der Waals surface area (Å²) in [6.07, 6.45) is -0.516. The third-order valence-corrected chi connectivity index (χ3v) is 2.96. The normalized spacial score (nSPS) is 10.6. The summed E-state index contributed by atoms with van der Waals surface area (Å²) in [5.74, 6) is 0. The predicted molar refractivity (Wildman–Crippen MR) is 92.6 cm³/mol. The maximum absolute atomic E-state index is 12.0. The molecule has 130 valence electrons. The number of carbonyl (C=O) groups is 1. The van der Waals surface area contributed by atoms with Crippen LogP contribution in [0.5, 0.6) is 0 Å². The lowest BCUT2D eigenvalue weighted by Crippen LogP contribution is -2.19. The van der Waals surface area contributed by atoms with E-state index < -0.39 is 6.18 Å². The third kappa shape index (κ3) is 6.50. The number of nitrogens with one attached hydrogen (secondary N) is 2. The molecular weight excluding hydrogens is 331 g/mol. The quantitative estimate of drug-likeness (QED) is 0.648. The average Bonchev–Trinajstić information content (AvgIpc) is 2.54. The van der Waals surface area contributed by atoms with Crippen LogP contribution >= 0.6 is 0 Å². The summed E-state index contributed by atoms with van der Waals surface area (Å²) >= 11 is 0. The topological polar surface area (TPSA) is 54.0 Å². The van der Waals surface area contributed by atoms with E-state index in [2.05, 4.69) is 15.6 Å². The van der Waals surface area contributed by atoms with Crippen molar-refractivity contribution in [3.63, 3.8) is 0 Å². The molecule has 0 aliphatic carbocycles. The first kappa shape index (κ1) is 18.3. The Morgan fingerprint density at radius 1 is 0.960 bits per heavy atom. The van der Waals surface area contributed by atoms with E-state index in [1.54, 1.807) is 12.4 Å². The number of pyridine rings is 1. The number of aromatic nitrogens is 1. The van der Waals surface area contributed by atoms with Gasteiger partial charge in [0.1, 0.15) is 0 Å². The Morgan fingerprint density at radius 3 is 2.32 bits per heavy atom. The van der Waals surface area contributed by atoms with Gasteiger partial charge in [-0.2, -0.15) is 13.2 Å². The maximum Gasteiger partial charge on any atom is 0.386 e. The van der Waals surface area contributed by atoms with Crippen molar-refractivity contribution in [2.45, 2.75) is 13.1 Å². The molecule has 0 fully saturated rings. The Morgan fingerprint density at radius 2 is 1.64 bits per heavy atom. The number of fused-ring (bicyclic) bond motifs is 1. The highest BCUT2D eigenvalue weighted by Crippen LogP contribution is 2.22. The van der Waals surface area contributed by atoms with Gasteiger partial charge < -0.3 is 10.6 Å². The number of halogens is 3. The van der Waals surface area contributed by atoms with Gasteiger partial charge in [-0.25, -0.2) is 4.79 Å². The number of amides is 2. The molecule has 2 aromatic carbocycles. The Hall–Kier alpha value is -3.09. The molecule has 0 saturated carbocycles. The van der Waals surface area contributed by atoms with Crippen LogP contribution < -0.4 is 10.6 Å². The summed E-state index contributed by atoms with van der Waals surface area (Å²) in [5, 5.41) is 7.60. The fraction of sp³-hybridized carbons (Fsp3) is 0.111. The molecule has 0 bridgehead atoms. The van der Waals surface area contributed by atoms with E-state index in [9.17, 15) is 18.0 Å². The number of nitrogens with zero attached hydrogens (tertiary/aromatic N) is 1. The van der Waals surface area contributed by atoms with Crippen LogP contribution in [-0.2, 0) is 0 Å². The summed E-state index contributed by atoms with van der Waals surface area (Å²) < 4.78 is 31.1. The fourth-order valence-corrected chi connectivity index (χ4v) is 2.04. The van der Waals surface area contributed by atoms with Gasteiger partial charge in [-0.1, -0.05) is 30.3 Å². The highest BCUT2D eigenvalue weighted by molar-refractivity contribution is 6.05. The minimum absolute atomic E-state index is 0.188. The van der Waals surface area contributed by atoms with E-state index >= 15 is 0 Å². The highest BCUT2D eigenvalue weighted by atomic mass is 19.4. The number of hydrogen-bond acceptors (Lipinski definition) is 2. The number of alkyl halides is 3.